The lowest BCUT2D eigenvalue weighted by molar-refractivity contribution is 0.180. The van der Waals surface area contributed by atoms with Crippen molar-refractivity contribution in [1.82, 2.24) is 15.2 Å². The number of pyridine rings is 1. The Morgan fingerprint density at radius 2 is 1.84 bits per heavy atom. The number of carbonyl (C=O) groups is 1. The van der Waals surface area contributed by atoms with E-state index in [1.54, 1.807) is 35.4 Å². The lowest BCUT2D eigenvalue weighted by Crippen LogP contribution is -2.47. The number of benzene rings is 2. The van der Waals surface area contributed by atoms with E-state index in [4.69, 9.17) is 46.4 Å². The van der Waals surface area contributed by atoms with Crippen LogP contribution in [-0.2, 0) is 12.0 Å². The molecule has 1 fully saturated rings. The molecule has 5 rings (SSSR count). The normalized spacial score (nSPS) is 16.8. The maximum Gasteiger partial charge on any atom is 0.322 e. The van der Waals surface area contributed by atoms with Gasteiger partial charge < -0.3 is 5.32 Å². The molecule has 1 saturated heterocycles. The highest BCUT2D eigenvalue weighted by Gasteiger charge is 2.48. The minimum Gasteiger partial charge on any atom is -0.334 e. The summed E-state index contributed by atoms with van der Waals surface area (Å²) in [4.78, 5) is 21.3. The minimum atomic E-state index is -0.467. The van der Waals surface area contributed by atoms with E-state index in [1.807, 2.05) is 18.2 Å². The van der Waals surface area contributed by atoms with Gasteiger partial charge in [-0.3, -0.25) is 9.80 Å². The Hall–Kier alpha value is -2.35. The molecule has 3 heterocycles. The molecule has 0 bridgehead atoms. The molecule has 2 aliphatic rings. The Morgan fingerprint density at radius 1 is 1.05 bits per heavy atom. The summed E-state index contributed by atoms with van der Waals surface area (Å²) in [6.07, 6.45) is 7.23. The highest BCUT2D eigenvalue weighted by atomic mass is 35.5. The molecule has 10 heteroatoms. The number of hydrogen-bond donors (Lipinski definition) is 1. The minimum absolute atomic E-state index is 0.103. The molecule has 0 aliphatic carbocycles. The molecule has 38 heavy (non-hydrogen) atoms. The van der Waals surface area contributed by atoms with Crippen molar-refractivity contribution in [2.75, 3.05) is 31.1 Å². The number of likely N-dealkylation sites (tertiary alicyclic amines) is 1. The molecule has 0 unspecified atom stereocenters. The number of hydrogen-bond acceptors (Lipinski definition) is 3. The van der Waals surface area contributed by atoms with Crippen LogP contribution in [0.25, 0.3) is 6.08 Å². The molecule has 1 aromatic heterocycles. The number of carbonyl (C=O) groups excluding carboxylic acids is 1. The molecular weight excluding hydrogens is 569 g/mol. The summed E-state index contributed by atoms with van der Waals surface area (Å²) in [6, 6.07) is 11.8. The predicted octanol–water partition coefficient (Wildman–Crippen LogP) is 7.61. The Labute approximate surface area is 241 Å². The second-order valence-corrected chi connectivity index (χ2v) is 11.2. The van der Waals surface area contributed by atoms with Gasteiger partial charge in [0.05, 0.1) is 20.8 Å². The van der Waals surface area contributed by atoms with Gasteiger partial charge in [-0.2, -0.15) is 0 Å². The molecule has 5 nitrogen and oxygen atoms in total. The van der Waals surface area contributed by atoms with Gasteiger partial charge in [-0.15, -0.1) is 0 Å². The zero-order valence-corrected chi connectivity index (χ0v) is 23.4. The van der Waals surface area contributed by atoms with Crippen molar-refractivity contribution in [3.8, 4) is 0 Å². The Bertz CT molecular complexity index is 1390. The smallest absolute Gasteiger partial charge is 0.322 e. The topological polar surface area (TPSA) is 48.5 Å². The van der Waals surface area contributed by atoms with Crippen LogP contribution in [0, 0.1) is 5.82 Å². The molecule has 1 spiro atoms. The lowest BCUT2D eigenvalue weighted by atomic mass is 9.74. The summed E-state index contributed by atoms with van der Waals surface area (Å²) < 4.78 is 14.6. The predicted molar refractivity (Wildman–Crippen MR) is 153 cm³/mol. The van der Waals surface area contributed by atoms with Crippen LogP contribution in [0.5, 0.6) is 0 Å². The van der Waals surface area contributed by atoms with Crippen molar-refractivity contribution in [3.05, 3.63) is 97.5 Å². The lowest BCUT2D eigenvalue weighted by Gasteiger charge is -2.39. The van der Waals surface area contributed by atoms with Gasteiger partial charge in [0.2, 0.25) is 0 Å². The van der Waals surface area contributed by atoms with Crippen molar-refractivity contribution in [3.63, 3.8) is 0 Å². The number of halogens is 5. The van der Waals surface area contributed by atoms with Crippen molar-refractivity contribution < 1.29 is 9.18 Å². The molecule has 1 N–H and O–H groups in total. The van der Waals surface area contributed by atoms with Crippen molar-refractivity contribution in [2.24, 2.45) is 0 Å². The van der Waals surface area contributed by atoms with Gasteiger partial charge in [-0.1, -0.05) is 64.6 Å². The van der Waals surface area contributed by atoms with Crippen LogP contribution in [0.3, 0.4) is 0 Å². The number of aromatic nitrogens is 1. The molecule has 2 aliphatic heterocycles. The fourth-order valence-corrected chi connectivity index (χ4v) is 6.13. The number of rotatable bonds is 5. The molecular formula is C28H25Cl4FN4O. The van der Waals surface area contributed by atoms with E-state index in [-0.39, 0.29) is 11.1 Å². The molecule has 0 atom stereocenters. The van der Waals surface area contributed by atoms with Gasteiger partial charge in [0.25, 0.3) is 0 Å². The Morgan fingerprint density at radius 3 is 2.58 bits per heavy atom. The number of amides is 2. The molecule has 0 saturated carbocycles. The first-order valence-electron chi connectivity index (χ1n) is 12.2. The van der Waals surface area contributed by atoms with Gasteiger partial charge in [-0.25, -0.2) is 14.2 Å². The summed E-state index contributed by atoms with van der Waals surface area (Å²) in [6.45, 7) is 3.10. The number of anilines is 1. The standard InChI is InChI=1S/C28H25Cl4FN4O/c29-20-4-3-18(14-21(20)30)2-1-11-36-12-8-28(9-13-36)17-37(23-6-5-22(33)26(32)25(23)28)27(38)35-16-19-7-10-34-24(31)15-19/h1-7,10,14-15H,8-9,11-13,16-17H2,(H,35,38)/b2-1+. The molecule has 3 aromatic rings. The molecule has 2 amide bonds. The molecule has 2 aromatic carbocycles. The van der Waals surface area contributed by atoms with Crippen LogP contribution in [0.4, 0.5) is 14.9 Å². The van der Waals surface area contributed by atoms with Crippen LogP contribution in [0.2, 0.25) is 20.2 Å². The van der Waals surface area contributed by atoms with Crippen LogP contribution < -0.4 is 10.2 Å². The summed E-state index contributed by atoms with van der Waals surface area (Å²) in [5.41, 5.74) is 2.81. The monoisotopic (exact) mass is 592 g/mol. The van der Waals surface area contributed by atoms with E-state index in [2.05, 4.69) is 21.3 Å². The van der Waals surface area contributed by atoms with Crippen LogP contribution in [0.1, 0.15) is 29.5 Å². The van der Waals surface area contributed by atoms with E-state index >= 15 is 0 Å². The molecule has 198 valence electrons. The van der Waals surface area contributed by atoms with Gasteiger partial charge in [0, 0.05) is 36.8 Å². The average molecular weight is 594 g/mol. The van der Waals surface area contributed by atoms with Gasteiger partial charge in [0.1, 0.15) is 11.0 Å². The van der Waals surface area contributed by atoms with E-state index in [0.717, 1.165) is 49.2 Å². The first kappa shape index (κ1) is 27.2. The summed E-state index contributed by atoms with van der Waals surface area (Å²) in [7, 11) is 0. The first-order valence-corrected chi connectivity index (χ1v) is 13.8. The van der Waals surface area contributed by atoms with E-state index in [9.17, 15) is 9.18 Å². The highest BCUT2D eigenvalue weighted by Crippen LogP contribution is 2.50. The summed E-state index contributed by atoms with van der Waals surface area (Å²) in [5.74, 6) is -0.467. The maximum atomic E-state index is 14.6. The number of nitrogens with one attached hydrogen (secondary N) is 1. The van der Waals surface area contributed by atoms with Crippen molar-refractivity contribution in [1.29, 1.82) is 0 Å². The van der Waals surface area contributed by atoms with Gasteiger partial charge in [-0.05, 0) is 73.5 Å². The number of nitrogens with zero attached hydrogens (tertiary/aromatic N) is 3. The zero-order chi connectivity index (χ0) is 26.9. The van der Waals surface area contributed by atoms with Crippen LogP contribution in [0.15, 0.2) is 54.7 Å². The number of piperidine rings is 1. The largest absolute Gasteiger partial charge is 0.334 e. The van der Waals surface area contributed by atoms with E-state index in [0.29, 0.717) is 34.0 Å². The Kier molecular flexibility index (Phi) is 8.17. The van der Waals surface area contributed by atoms with Crippen LogP contribution in [-0.4, -0.2) is 42.1 Å². The second-order valence-electron chi connectivity index (χ2n) is 9.64. The van der Waals surface area contributed by atoms with Gasteiger partial charge >= 0.3 is 6.03 Å². The van der Waals surface area contributed by atoms with Crippen molar-refractivity contribution in [2.45, 2.75) is 24.8 Å². The zero-order valence-electron chi connectivity index (χ0n) is 20.4. The van der Waals surface area contributed by atoms with Crippen molar-refractivity contribution >= 4 is 64.2 Å². The quantitative estimate of drug-likeness (QED) is 0.310. The second kappa shape index (κ2) is 11.4. The van der Waals surface area contributed by atoms with E-state index < -0.39 is 11.2 Å². The maximum absolute atomic E-state index is 14.6. The Balaban J connectivity index is 1.28. The summed E-state index contributed by atoms with van der Waals surface area (Å²) >= 11 is 24.6. The third-order valence-corrected chi connectivity index (χ3v) is 8.58. The first-order chi connectivity index (χ1) is 18.3. The highest BCUT2D eigenvalue weighted by molar-refractivity contribution is 6.42. The fourth-order valence-electron chi connectivity index (χ4n) is 5.27. The third-order valence-electron chi connectivity index (χ3n) is 7.27. The SMILES string of the molecule is O=C(NCc1ccnc(Cl)c1)N1CC2(CCN(C/C=C/c3ccc(Cl)c(Cl)c3)CC2)c2c1ccc(F)c2Cl. The summed E-state index contributed by atoms with van der Waals surface area (Å²) in [5, 5.41) is 4.47. The van der Waals surface area contributed by atoms with Crippen LogP contribution >= 0.6 is 46.4 Å². The van der Waals surface area contributed by atoms with Gasteiger partial charge in [0.15, 0.2) is 0 Å². The number of urea groups is 1. The third kappa shape index (κ3) is 5.65. The fraction of sp³-hybridized carbons (Fsp3) is 0.286. The number of fused-ring (bicyclic) bond motifs is 2. The molecule has 0 radical (unpaired) electrons. The van der Waals surface area contributed by atoms with E-state index in [1.165, 1.54) is 6.07 Å². The average Bonchev–Trinajstić information content (AvgIpc) is 3.22.